The first kappa shape index (κ1) is 8.38. The van der Waals surface area contributed by atoms with E-state index in [2.05, 4.69) is 20.1 Å². The molecule has 0 amide bonds. The monoisotopic (exact) mass is 194 g/mol. The molecule has 5 heteroatoms. The van der Waals surface area contributed by atoms with Crippen molar-refractivity contribution in [2.75, 3.05) is 19.7 Å². The molecule has 3 rings (SSSR count). The highest BCUT2D eigenvalue weighted by Gasteiger charge is 2.22. The summed E-state index contributed by atoms with van der Waals surface area (Å²) in [5, 5.41) is 11.6. The van der Waals surface area contributed by atoms with Crippen molar-refractivity contribution in [3.63, 3.8) is 0 Å². The summed E-state index contributed by atoms with van der Waals surface area (Å²) >= 11 is 0. The number of hydrogen-bond acceptors (Lipinski definition) is 4. The molecule has 1 fully saturated rings. The lowest BCUT2D eigenvalue weighted by Crippen LogP contribution is -2.43. The molecule has 1 aromatic rings. The SMILES string of the molecule is C1Cn2c(nnc2CC2CNC2)CO1. The van der Waals surface area contributed by atoms with Gasteiger partial charge in [-0.3, -0.25) is 0 Å². The highest BCUT2D eigenvalue weighted by Crippen LogP contribution is 2.14. The molecular formula is C9H14N4O. The standard InChI is InChI=1S/C9H14N4O/c1-2-14-6-9-12-11-8(13(1)9)3-7-4-10-5-7/h7,10H,1-6H2. The van der Waals surface area contributed by atoms with Crippen LogP contribution in [0.15, 0.2) is 0 Å². The molecule has 76 valence electrons. The van der Waals surface area contributed by atoms with Crippen molar-refractivity contribution in [2.45, 2.75) is 19.6 Å². The molecule has 5 nitrogen and oxygen atoms in total. The Morgan fingerprint density at radius 3 is 3.14 bits per heavy atom. The van der Waals surface area contributed by atoms with Gasteiger partial charge in [-0.25, -0.2) is 0 Å². The largest absolute Gasteiger partial charge is 0.372 e. The zero-order chi connectivity index (χ0) is 9.38. The van der Waals surface area contributed by atoms with E-state index < -0.39 is 0 Å². The van der Waals surface area contributed by atoms with E-state index in [-0.39, 0.29) is 0 Å². The smallest absolute Gasteiger partial charge is 0.159 e. The van der Waals surface area contributed by atoms with Crippen molar-refractivity contribution in [3.8, 4) is 0 Å². The Kier molecular flexibility index (Phi) is 1.99. The van der Waals surface area contributed by atoms with Gasteiger partial charge in [0.2, 0.25) is 0 Å². The van der Waals surface area contributed by atoms with Gasteiger partial charge in [0.15, 0.2) is 5.82 Å². The number of hydrogen-bond donors (Lipinski definition) is 1. The van der Waals surface area contributed by atoms with E-state index in [9.17, 15) is 0 Å². The Morgan fingerprint density at radius 1 is 1.43 bits per heavy atom. The van der Waals surface area contributed by atoms with Gasteiger partial charge in [-0.2, -0.15) is 0 Å². The minimum atomic E-state index is 0.621. The summed E-state index contributed by atoms with van der Waals surface area (Å²) in [5.41, 5.74) is 0. The van der Waals surface area contributed by atoms with Crippen LogP contribution in [-0.4, -0.2) is 34.5 Å². The minimum Gasteiger partial charge on any atom is -0.372 e. The Labute approximate surface area is 82.5 Å². The molecule has 2 aliphatic rings. The summed E-state index contributed by atoms with van der Waals surface area (Å²) in [5.74, 6) is 2.87. The molecule has 0 unspecified atom stereocenters. The fourth-order valence-corrected chi connectivity index (χ4v) is 1.96. The first-order valence-corrected chi connectivity index (χ1v) is 5.13. The van der Waals surface area contributed by atoms with Gasteiger partial charge < -0.3 is 14.6 Å². The van der Waals surface area contributed by atoms with Crippen LogP contribution in [0.3, 0.4) is 0 Å². The van der Waals surface area contributed by atoms with Crippen molar-refractivity contribution < 1.29 is 4.74 Å². The summed E-state index contributed by atoms with van der Waals surface area (Å²) in [7, 11) is 0. The molecule has 14 heavy (non-hydrogen) atoms. The molecule has 0 atom stereocenters. The zero-order valence-electron chi connectivity index (χ0n) is 8.07. The molecule has 0 spiro atoms. The van der Waals surface area contributed by atoms with E-state index in [1.54, 1.807) is 0 Å². The number of nitrogens with one attached hydrogen (secondary N) is 1. The topological polar surface area (TPSA) is 52.0 Å². The summed E-state index contributed by atoms with van der Waals surface area (Å²) in [6, 6.07) is 0. The average Bonchev–Trinajstić information content (AvgIpc) is 2.55. The van der Waals surface area contributed by atoms with Crippen molar-refractivity contribution in [2.24, 2.45) is 5.92 Å². The number of ether oxygens (including phenoxy) is 1. The van der Waals surface area contributed by atoms with E-state index in [1.807, 2.05) is 0 Å². The van der Waals surface area contributed by atoms with Crippen molar-refractivity contribution in [1.82, 2.24) is 20.1 Å². The van der Waals surface area contributed by atoms with Crippen LogP contribution in [0.1, 0.15) is 11.6 Å². The Balaban J connectivity index is 1.79. The van der Waals surface area contributed by atoms with Crippen LogP contribution in [-0.2, 0) is 24.3 Å². The van der Waals surface area contributed by atoms with Crippen LogP contribution >= 0.6 is 0 Å². The Bertz CT molecular complexity index is 332. The maximum atomic E-state index is 5.32. The molecular weight excluding hydrogens is 180 g/mol. The van der Waals surface area contributed by atoms with Crippen molar-refractivity contribution in [1.29, 1.82) is 0 Å². The van der Waals surface area contributed by atoms with E-state index in [0.717, 1.165) is 50.2 Å². The summed E-state index contributed by atoms with van der Waals surface area (Å²) in [6.07, 6.45) is 1.06. The van der Waals surface area contributed by atoms with Crippen LogP contribution in [0.4, 0.5) is 0 Å². The lowest BCUT2D eigenvalue weighted by molar-refractivity contribution is 0.0802. The van der Waals surface area contributed by atoms with Gasteiger partial charge in [0.05, 0.1) is 6.61 Å². The Morgan fingerprint density at radius 2 is 2.36 bits per heavy atom. The maximum absolute atomic E-state index is 5.32. The molecule has 0 aliphatic carbocycles. The predicted molar refractivity (Wildman–Crippen MR) is 49.7 cm³/mol. The fourth-order valence-electron chi connectivity index (χ4n) is 1.96. The highest BCUT2D eigenvalue weighted by atomic mass is 16.5. The molecule has 1 aromatic heterocycles. The molecule has 1 N–H and O–H groups in total. The number of fused-ring (bicyclic) bond motifs is 1. The molecule has 1 saturated heterocycles. The van der Waals surface area contributed by atoms with Gasteiger partial charge in [0.1, 0.15) is 12.4 Å². The molecule has 0 radical (unpaired) electrons. The Hall–Kier alpha value is -0.940. The summed E-state index contributed by atoms with van der Waals surface area (Å²) < 4.78 is 7.53. The lowest BCUT2D eigenvalue weighted by Gasteiger charge is -2.27. The first-order valence-electron chi connectivity index (χ1n) is 5.13. The van der Waals surface area contributed by atoms with Crippen LogP contribution < -0.4 is 5.32 Å². The van der Waals surface area contributed by atoms with Crippen molar-refractivity contribution in [3.05, 3.63) is 11.6 Å². The van der Waals surface area contributed by atoms with Gasteiger partial charge in [0, 0.05) is 13.0 Å². The molecule has 0 aromatic carbocycles. The van der Waals surface area contributed by atoms with E-state index in [1.165, 1.54) is 0 Å². The van der Waals surface area contributed by atoms with E-state index in [0.29, 0.717) is 6.61 Å². The summed E-state index contributed by atoms with van der Waals surface area (Å²) in [4.78, 5) is 0. The number of rotatable bonds is 2. The van der Waals surface area contributed by atoms with Gasteiger partial charge in [-0.1, -0.05) is 0 Å². The van der Waals surface area contributed by atoms with Crippen LogP contribution in [0.5, 0.6) is 0 Å². The number of aromatic nitrogens is 3. The molecule has 0 bridgehead atoms. The van der Waals surface area contributed by atoms with Crippen molar-refractivity contribution >= 4 is 0 Å². The third-order valence-electron chi connectivity index (χ3n) is 2.93. The lowest BCUT2D eigenvalue weighted by atomic mass is 9.99. The van der Waals surface area contributed by atoms with Gasteiger partial charge in [-0.15, -0.1) is 10.2 Å². The molecule has 0 saturated carbocycles. The first-order chi connectivity index (χ1) is 6.93. The molecule has 2 aliphatic heterocycles. The number of nitrogens with zero attached hydrogens (tertiary/aromatic N) is 3. The van der Waals surface area contributed by atoms with Crippen LogP contribution in [0.2, 0.25) is 0 Å². The van der Waals surface area contributed by atoms with Crippen LogP contribution in [0.25, 0.3) is 0 Å². The quantitative estimate of drug-likeness (QED) is 0.694. The zero-order valence-corrected chi connectivity index (χ0v) is 8.07. The second-order valence-electron chi connectivity index (χ2n) is 3.97. The third kappa shape index (κ3) is 1.33. The third-order valence-corrected chi connectivity index (χ3v) is 2.93. The second kappa shape index (κ2) is 3.33. The highest BCUT2D eigenvalue weighted by molar-refractivity contribution is 4.99. The predicted octanol–water partition coefficient (Wildman–Crippen LogP) is -0.430. The minimum absolute atomic E-state index is 0.621. The summed E-state index contributed by atoms with van der Waals surface area (Å²) in [6.45, 7) is 4.58. The average molecular weight is 194 g/mol. The molecule has 3 heterocycles. The van der Waals surface area contributed by atoms with E-state index in [4.69, 9.17) is 4.74 Å². The normalized spacial score (nSPS) is 21.7. The fraction of sp³-hybridized carbons (Fsp3) is 0.778. The van der Waals surface area contributed by atoms with Gasteiger partial charge in [0.25, 0.3) is 0 Å². The van der Waals surface area contributed by atoms with Gasteiger partial charge in [-0.05, 0) is 19.0 Å². The van der Waals surface area contributed by atoms with E-state index >= 15 is 0 Å². The maximum Gasteiger partial charge on any atom is 0.159 e. The van der Waals surface area contributed by atoms with Gasteiger partial charge >= 0.3 is 0 Å². The second-order valence-corrected chi connectivity index (χ2v) is 3.97. The van der Waals surface area contributed by atoms with Crippen LogP contribution in [0, 0.1) is 5.92 Å².